The highest BCUT2D eigenvalue weighted by atomic mass is 79.9. The highest BCUT2D eigenvalue weighted by Gasteiger charge is 2.52. The van der Waals surface area contributed by atoms with Gasteiger partial charge in [-0.1, -0.05) is 340 Å². The first-order valence-corrected chi connectivity index (χ1v) is 48.2. The molecule has 1 saturated heterocycles. The van der Waals surface area contributed by atoms with E-state index in [1.165, 1.54) is 176 Å². The molecule has 22 aromatic carbocycles. The van der Waals surface area contributed by atoms with Gasteiger partial charge in [-0.3, -0.25) is 0 Å². The summed E-state index contributed by atoms with van der Waals surface area (Å²) < 4.78 is 32.9. The number of pyridine rings is 2. The standard InChI is InChI=1S/C59H33NOS.C34H19BrO.C31H26BNO2S/c1-2-14-34(15-3-1)57-47-29-28-45-40-20-12-13-25-52(40)62-59(45)56(47)46-27-26-38(32-50(46)60-57)53-41-21-8-10-23-43(41)54(44-24-11-9-22-42(44)53)49-31-37-18-6-7-19-39(37)55-48-30-35-16-4-5-17-36(35)33-51(48)61-58(49)55;35-33-26-15-7-5-13-24(26)31(25-14-6-8-16-27(25)33)29-18-22-11-3-4-12-23(22)32-28-17-20-9-1-2-10-21(20)19-30(28)36-34(29)32;1-30(2)31(3,4)35-32(34-30)20-14-15-23-25(18-20)33-28(19-10-6-5-7-11-19)24-17-16-22-21-12-8-9-13-26(21)36-29(22)27(23)24/h1-33H;1-19H;5-18H,1-4H3. The van der Waals surface area contributed by atoms with Crippen LogP contribution < -0.4 is 5.46 Å². The van der Waals surface area contributed by atoms with E-state index in [1.54, 1.807) is 0 Å². The van der Waals surface area contributed by atoms with Gasteiger partial charge >= 0.3 is 7.12 Å². The van der Waals surface area contributed by atoms with Crippen molar-refractivity contribution >= 4 is 265 Å². The van der Waals surface area contributed by atoms with Gasteiger partial charge in [-0.15, -0.1) is 22.7 Å². The summed E-state index contributed by atoms with van der Waals surface area (Å²) in [5.41, 5.74) is 17.1. The summed E-state index contributed by atoms with van der Waals surface area (Å²) in [5, 5.41) is 36.3. The van der Waals surface area contributed by atoms with Gasteiger partial charge in [-0.25, -0.2) is 9.97 Å². The predicted molar refractivity (Wildman–Crippen MR) is 576 cm³/mol. The molecule has 630 valence electrons. The largest absolute Gasteiger partial charge is 0.494 e. The van der Waals surface area contributed by atoms with Crippen LogP contribution in [0.2, 0.25) is 0 Å². The van der Waals surface area contributed by atoms with E-state index in [0.29, 0.717) is 0 Å². The van der Waals surface area contributed by atoms with Crippen LogP contribution >= 0.6 is 38.6 Å². The Labute approximate surface area is 786 Å². The highest BCUT2D eigenvalue weighted by Crippen LogP contribution is 2.54. The van der Waals surface area contributed by atoms with E-state index in [2.05, 4.69) is 438 Å². The normalized spacial score (nSPS) is 13.5. The van der Waals surface area contributed by atoms with E-state index in [4.69, 9.17) is 28.1 Å². The van der Waals surface area contributed by atoms with E-state index in [9.17, 15) is 0 Å². The molecule has 6 aromatic heterocycles. The number of halogens is 1. The van der Waals surface area contributed by atoms with Crippen LogP contribution in [0.25, 0.3) is 270 Å². The first-order chi connectivity index (χ1) is 65.8. The first kappa shape index (κ1) is 78.6. The minimum atomic E-state index is -0.419. The van der Waals surface area contributed by atoms with E-state index in [1.807, 2.05) is 28.7 Å². The molecular formula is C124H78BBrN2O4S2. The van der Waals surface area contributed by atoms with Gasteiger partial charge < -0.3 is 18.1 Å². The Hall–Kier alpha value is -15.2. The zero-order valence-corrected chi connectivity index (χ0v) is 76.6. The summed E-state index contributed by atoms with van der Waals surface area (Å²) in [4.78, 5) is 10.8. The molecule has 134 heavy (non-hydrogen) atoms. The second kappa shape index (κ2) is 30.4. The molecule has 0 spiro atoms. The Morgan fingerprint density at radius 3 is 1.03 bits per heavy atom. The van der Waals surface area contributed by atoms with E-state index in [0.717, 1.165) is 104 Å². The quantitative estimate of drug-likeness (QED) is 0.0939. The van der Waals surface area contributed by atoms with Crippen LogP contribution in [-0.2, 0) is 9.31 Å². The van der Waals surface area contributed by atoms with Crippen molar-refractivity contribution in [2.45, 2.75) is 38.9 Å². The van der Waals surface area contributed by atoms with Crippen LogP contribution in [0.5, 0.6) is 0 Å². The van der Waals surface area contributed by atoms with Crippen molar-refractivity contribution in [2.75, 3.05) is 0 Å². The first-order valence-electron chi connectivity index (χ1n) is 45.7. The van der Waals surface area contributed by atoms with Crippen molar-refractivity contribution in [1.29, 1.82) is 0 Å². The van der Waals surface area contributed by atoms with Crippen LogP contribution in [0, 0.1) is 0 Å². The third kappa shape index (κ3) is 12.2. The van der Waals surface area contributed by atoms with Crippen LogP contribution in [0.4, 0.5) is 0 Å². The van der Waals surface area contributed by atoms with Crippen molar-refractivity contribution < 1.29 is 18.1 Å². The lowest BCUT2D eigenvalue weighted by atomic mass is 9.78. The van der Waals surface area contributed by atoms with Gasteiger partial charge in [0.2, 0.25) is 0 Å². The number of furan rings is 2. The number of aromatic nitrogens is 2. The highest BCUT2D eigenvalue weighted by molar-refractivity contribution is 9.10. The number of nitrogens with zero attached hydrogens (tertiary/aromatic N) is 2. The van der Waals surface area contributed by atoms with Gasteiger partial charge in [-0.2, -0.15) is 0 Å². The average molecular weight is 1810 g/mol. The molecule has 0 amide bonds. The molecule has 0 atom stereocenters. The molecular weight excluding hydrogens is 1740 g/mol. The smallest absolute Gasteiger partial charge is 0.455 e. The van der Waals surface area contributed by atoms with Crippen LogP contribution in [0.15, 0.2) is 414 Å². The maximum atomic E-state index is 7.04. The predicted octanol–water partition coefficient (Wildman–Crippen LogP) is 35.6. The minimum Gasteiger partial charge on any atom is -0.455 e. The Balaban J connectivity index is 0.000000109. The fourth-order valence-corrected chi connectivity index (χ4v) is 24.8. The zero-order valence-electron chi connectivity index (χ0n) is 73.4. The van der Waals surface area contributed by atoms with Gasteiger partial charge in [0.1, 0.15) is 22.3 Å². The average Bonchev–Trinajstić information content (AvgIpc) is 1.38. The Bertz CT molecular complexity index is 9780. The number of rotatable bonds is 6. The molecule has 0 aliphatic carbocycles. The SMILES string of the molecule is Brc1c2ccccc2c(-c2cc3ccccc3c3c2oc2cc4ccccc4cc23)c2ccccc12.CC1(C)OB(c2ccc3c(c2)nc(-c2ccccc2)c2ccc4c5ccccc5sc4c23)OC1(C)C.c1ccc(-c2nc3cc(-c4c5ccccc5c(-c5cc6ccccc6c6c5oc5cc7ccccc7cc56)c5ccccc45)ccc3c3c2ccc2c4ccccc4sc23)cc1. The minimum absolute atomic E-state index is 0.387. The van der Waals surface area contributed by atoms with Crippen molar-refractivity contribution in [3.8, 4) is 55.9 Å². The van der Waals surface area contributed by atoms with Crippen LogP contribution in [0.1, 0.15) is 27.7 Å². The fraction of sp³-hybridized carbons (Fsp3) is 0.0484. The second-order valence-corrected chi connectivity index (χ2v) is 39.5. The topological polar surface area (TPSA) is 70.5 Å². The van der Waals surface area contributed by atoms with Crippen molar-refractivity contribution in [3.63, 3.8) is 0 Å². The molecule has 29 rings (SSSR count). The molecule has 0 saturated carbocycles. The lowest BCUT2D eigenvalue weighted by Gasteiger charge is -2.32. The summed E-state index contributed by atoms with van der Waals surface area (Å²) in [6.45, 7) is 8.36. The van der Waals surface area contributed by atoms with Gasteiger partial charge in [0.25, 0.3) is 0 Å². The molecule has 0 radical (unpaired) electrons. The summed E-state index contributed by atoms with van der Waals surface area (Å²) in [6, 6.07) is 144. The molecule has 1 aliphatic heterocycles. The summed E-state index contributed by atoms with van der Waals surface area (Å²) in [6.07, 6.45) is 0. The molecule has 1 fully saturated rings. The van der Waals surface area contributed by atoms with E-state index in [-0.39, 0.29) is 11.2 Å². The van der Waals surface area contributed by atoms with E-state index < -0.39 is 7.12 Å². The molecule has 0 bridgehead atoms. The second-order valence-electron chi connectivity index (χ2n) is 36.6. The van der Waals surface area contributed by atoms with Crippen LogP contribution in [-0.4, -0.2) is 28.3 Å². The Kier molecular flexibility index (Phi) is 17.8. The van der Waals surface area contributed by atoms with Gasteiger partial charge in [0.05, 0.1) is 33.6 Å². The molecule has 0 unspecified atom stereocenters. The molecule has 0 N–H and O–H groups in total. The number of fused-ring (bicyclic) bond motifs is 30. The van der Waals surface area contributed by atoms with Crippen molar-refractivity contribution in [1.82, 2.24) is 9.97 Å². The molecule has 6 nitrogen and oxygen atoms in total. The van der Waals surface area contributed by atoms with Gasteiger partial charge in [0.15, 0.2) is 0 Å². The summed E-state index contributed by atoms with van der Waals surface area (Å²) >= 11 is 7.65. The van der Waals surface area contributed by atoms with Crippen LogP contribution in [0.3, 0.4) is 0 Å². The Morgan fingerprint density at radius 1 is 0.254 bits per heavy atom. The maximum absolute atomic E-state index is 7.04. The number of hydrogen-bond donors (Lipinski definition) is 0. The fourth-order valence-electron chi connectivity index (χ4n) is 21.6. The Morgan fingerprint density at radius 2 is 0.590 bits per heavy atom. The molecule has 10 heteroatoms. The van der Waals surface area contributed by atoms with Gasteiger partial charge in [-0.05, 0) is 207 Å². The van der Waals surface area contributed by atoms with Crippen molar-refractivity contribution in [2.24, 2.45) is 0 Å². The maximum Gasteiger partial charge on any atom is 0.494 e. The van der Waals surface area contributed by atoms with Gasteiger partial charge in [0, 0.05) is 132 Å². The monoisotopic (exact) mass is 1810 g/mol. The molecule has 1 aliphatic rings. The summed E-state index contributed by atoms with van der Waals surface area (Å²) in [7, 11) is -0.419. The number of hydrogen-bond acceptors (Lipinski definition) is 8. The third-order valence-corrected chi connectivity index (χ3v) is 31.8. The number of thiophene rings is 2. The lowest BCUT2D eigenvalue weighted by Crippen LogP contribution is -2.41. The van der Waals surface area contributed by atoms with Crippen molar-refractivity contribution in [3.05, 3.63) is 405 Å². The molecule has 28 aromatic rings. The zero-order chi connectivity index (χ0) is 88.9. The van der Waals surface area contributed by atoms with E-state index >= 15 is 0 Å². The number of benzene rings is 22. The summed E-state index contributed by atoms with van der Waals surface area (Å²) in [5.74, 6) is 0. The lowest BCUT2D eigenvalue weighted by molar-refractivity contribution is 0.00578. The molecule has 7 heterocycles. The third-order valence-electron chi connectivity index (χ3n) is 28.5.